The second-order valence-electron chi connectivity index (χ2n) is 13.0. The van der Waals surface area contributed by atoms with E-state index in [9.17, 15) is 9.90 Å². The summed E-state index contributed by atoms with van der Waals surface area (Å²) in [5, 5.41) is 12.3. The number of hydrogen-bond acceptors (Lipinski definition) is 6. The summed E-state index contributed by atoms with van der Waals surface area (Å²) in [6, 6.07) is 4.05. The van der Waals surface area contributed by atoms with Crippen LogP contribution >= 0.6 is 0 Å². The van der Waals surface area contributed by atoms with Gasteiger partial charge in [0, 0.05) is 42.0 Å². The van der Waals surface area contributed by atoms with Crippen molar-refractivity contribution in [2.45, 2.75) is 103 Å². The monoisotopic (exact) mass is 515 g/mol. The summed E-state index contributed by atoms with van der Waals surface area (Å²) in [5.74, 6) is 1.31. The number of nitrogens with zero attached hydrogens (tertiary/aromatic N) is 1. The van der Waals surface area contributed by atoms with Crippen LogP contribution in [0.3, 0.4) is 0 Å². The fourth-order valence-electron chi connectivity index (χ4n) is 8.72. The van der Waals surface area contributed by atoms with Crippen molar-refractivity contribution in [3.05, 3.63) is 23.3 Å². The van der Waals surface area contributed by atoms with E-state index in [2.05, 4.69) is 40.7 Å². The van der Waals surface area contributed by atoms with Crippen LogP contribution in [0.1, 0.15) is 78.9 Å². The largest absolute Gasteiger partial charge is 0.493 e. The van der Waals surface area contributed by atoms with Crippen LogP contribution in [0, 0.1) is 16.7 Å². The lowest BCUT2D eigenvalue weighted by Gasteiger charge is -2.70. The van der Waals surface area contributed by atoms with Crippen molar-refractivity contribution in [3.8, 4) is 11.5 Å². The predicted octanol–water partition coefficient (Wildman–Crippen LogP) is 5.10. The Balaban J connectivity index is 1.81. The third kappa shape index (κ3) is 3.04. The lowest BCUT2D eigenvalue weighted by molar-refractivity contribution is -0.275. The molecule has 2 aliphatic carbocycles. The molecule has 4 aliphatic rings. The number of carbonyl (C=O) groups is 1. The van der Waals surface area contributed by atoms with Crippen LogP contribution in [0.5, 0.6) is 11.5 Å². The minimum Gasteiger partial charge on any atom is -0.493 e. The summed E-state index contributed by atoms with van der Waals surface area (Å²) in [7, 11) is 3.46. The summed E-state index contributed by atoms with van der Waals surface area (Å²) in [6.45, 7) is 15.5. The van der Waals surface area contributed by atoms with E-state index in [1.54, 1.807) is 14.2 Å². The second kappa shape index (κ2) is 8.25. The lowest BCUT2D eigenvalue weighted by Crippen LogP contribution is -2.79. The molecular formula is C30H45NO6. The number of methoxy groups -OCH3 is 2. The number of ether oxygens (including phenoxy) is 4. The fourth-order valence-corrected chi connectivity index (χ4v) is 8.72. The van der Waals surface area contributed by atoms with Gasteiger partial charge in [-0.3, -0.25) is 0 Å². The highest BCUT2D eigenvalue weighted by atomic mass is 16.6. The molecule has 2 bridgehead atoms. The highest BCUT2D eigenvalue weighted by Gasteiger charge is 2.78. The Labute approximate surface area is 221 Å². The smallest absolute Gasteiger partial charge is 0.410 e. The molecule has 1 N–H and O–H groups in total. The fraction of sp³-hybridized carbons (Fsp3) is 0.767. The normalized spacial score (nSPS) is 37.4. The number of benzene rings is 1. The van der Waals surface area contributed by atoms with E-state index >= 15 is 0 Å². The molecule has 1 aromatic carbocycles. The SMILES string of the molecule is CCOC(=O)N1CC[C@]23c4c5ccc(OC)c4O[C@H]2[C@](CC)(OC)[C@@H]([C@@](C)(O)C(C)(C)C)C[C@]3(C)[C@H]1C5. The van der Waals surface area contributed by atoms with Crippen LogP contribution in [0.25, 0.3) is 0 Å². The van der Waals surface area contributed by atoms with Crippen LogP contribution in [0.2, 0.25) is 0 Å². The van der Waals surface area contributed by atoms with Crippen LogP contribution in [-0.2, 0) is 21.3 Å². The molecule has 7 nitrogen and oxygen atoms in total. The maximum absolute atomic E-state index is 13.3. The van der Waals surface area contributed by atoms with E-state index in [-0.39, 0.29) is 35.0 Å². The summed E-state index contributed by atoms with van der Waals surface area (Å²) in [5.41, 5.74) is -0.518. The number of hydrogen-bond donors (Lipinski definition) is 1. The Morgan fingerprint density at radius 2 is 1.92 bits per heavy atom. The first-order valence-corrected chi connectivity index (χ1v) is 13.9. The Kier molecular flexibility index (Phi) is 5.94. The number of amides is 1. The van der Waals surface area contributed by atoms with E-state index in [1.165, 1.54) is 11.1 Å². The number of piperidine rings is 1. The van der Waals surface area contributed by atoms with Gasteiger partial charge >= 0.3 is 6.09 Å². The second-order valence-corrected chi connectivity index (χ2v) is 13.0. The molecule has 2 fully saturated rings. The highest BCUT2D eigenvalue weighted by molar-refractivity contribution is 5.71. The highest BCUT2D eigenvalue weighted by Crippen LogP contribution is 2.73. The van der Waals surface area contributed by atoms with Crippen LogP contribution < -0.4 is 9.47 Å². The molecule has 7 heteroatoms. The van der Waals surface area contributed by atoms with Gasteiger partial charge in [-0.25, -0.2) is 4.79 Å². The van der Waals surface area contributed by atoms with Crippen molar-refractivity contribution in [3.63, 3.8) is 0 Å². The third-order valence-corrected chi connectivity index (χ3v) is 11.1. The van der Waals surface area contributed by atoms with Crippen molar-refractivity contribution in [2.75, 3.05) is 27.4 Å². The average molecular weight is 516 g/mol. The standard InChI is InChI=1S/C30H45NO6/c1-10-30(35-9)20(28(7,33)26(3,4)5)17-27(6)21-16-18-12-13-19(34-8)23-22(18)29(27,24(30)37-23)14-15-31(21)25(32)36-11-2/h12-13,20-21,24,33H,10-11,14-17H2,1-9H3/t20-,21-,24-,27-,28-,29+,30-/m1/s1. The molecule has 2 aliphatic heterocycles. The maximum Gasteiger partial charge on any atom is 0.410 e. The summed E-state index contributed by atoms with van der Waals surface area (Å²) in [4.78, 5) is 15.2. The summed E-state index contributed by atoms with van der Waals surface area (Å²) in [6.07, 6.45) is 2.28. The molecule has 0 unspecified atom stereocenters. The van der Waals surface area contributed by atoms with E-state index < -0.39 is 16.6 Å². The number of aliphatic hydroxyl groups is 1. The van der Waals surface area contributed by atoms with Crippen LogP contribution in [-0.4, -0.2) is 66.8 Å². The minimum atomic E-state index is -1.06. The first-order chi connectivity index (χ1) is 17.3. The topological polar surface area (TPSA) is 77.5 Å². The molecule has 1 spiro atoms. The van der Waals surface area contributed by atoms with Gasteiger partial charge in [0.15, 0.2) is 11.5 Å². The van der Waals surface area contributed by atoms with Gasteiger partial charge in [0.2, 0.25) is 0 Å². The van der Waals surface area contributed by atoms with E-state index in [1.807, 2.05) is 24.8 Å². The van der Waals surface area contributed by atoms with Crippen LogP contribution in [0.4, 0.5) is 4.79 Å². The Bertz CT molecular complexity index is 1090. The predicted molar refractivity (Wildman–Crippen MR) is 141 cm³/mol. The number of rotatable bonds is 5. The zero-order valence-corrected chi connectivity index (χ0v) is 24.1. The van der Waals surface area contributed by atoms with Gasteiger partial charge < -0.3 is 29.0 Å². The average Bonchev–Trinajstić information content (AvgIpc) is 3.19. The zero-order chi connectivity index (χ0) is 27.2. The van der Waals surface area contributed by atoms with Gasteiger partial charge in [-0.15, -0.1) is 0 Å². The Morgan fingerprint density at radius 3 is 2.49 bits per heavy atom. The molecule has 37 heavy (non-hydrogen) atoms. The summed E-state index contributed by atoms with van der Waals surface area (Å²) < 4.78 is 25.0. The Morgan fingerprint density at radius 1 is 1.22 bits per heavy atom. The molecule has 1 aromatic rings. The molecule has 206 valence electrons. The molecule has 1 saturated heterocycles. The van der Waals surface area contributed by atoms with E-state index in [4.69, 9.17) is 18.9 Å². The molecule has 0 radical (unpaired) electrons. The molecule has 5 rings (SSSR count). The van der Waals surface area contributed by atoms with E-state index in [0.29, 0.717) is 26.0 Å². The summed E-state index contributed by atoms with van der Waals surface area (Å²) >= 11 is 0. The first kappa shape index (κ1) is 26.6. The van der Waals surface area contributed by atoms with Gasteiger partial charge in [0.25, 0.3) is 0 Å². The van der Waals surface area contributed by atoms with E-state index in [0.717, 1.165) is 24.3 Å². The molecular weight excluding hydrogens is 470 g/mol. The van der Waals surface area contributed by atoms with Crippen LogP contribution in [0.15, 0.2) is 12.1 Å². The quantitative estimate of drug-likeness (QED) is 0.588. The lowest BCUT2D eigenvalue weighted by atomic mass is 9.38. The molecule has 1 saturated carbocycles. The van der Waals surface area contributed by atoms with Gasteiger partial charge in [0.1, 0.15) is 11.7 Å². The van der Waals surface area contributed by atoms with Crippen molar-refractivity contribution in [1.29, 1.82) is 0 Å². The molecule has 7 atom stereocenters. The third-order valence-electron chi connectivity index (χ3n) is 11.1. The van der Waals surface area contributed by atoms with Gasteiger partial charge in [0.05, 0.1) is 19.3 Å². The number of likely N-dealkylation sites (tertiary alicyclic amines) is 1. The maximum atomic E-state index is 13.3. The zero-order valence-electron chi connectivity index (χ0n) is 24.1. The molecule has 1 amide bonds. The van der Waals surface area contributed by atoms with Gasteiger partial charge in [-0.1, -0.05) is 40.7 Å². The van der Waals surface area contributed by atoms with Gasteiger partial charge in [-0.2, -0.15) is 0 Å². The van der Waals surface area contributed by atoms with Crippen molar-refractivity contribution in [2.24, 2.45) is 16.7 Å². The molecule has 0 aromatic heterocycles. The van der Waals surface area contributed by atoms with Crippen molar-refractivity contribution >= 4 is 6.09 Å². The minimum absolute atomic E-state index is 0.0803. The Hall–Kier alpha value is -1.99. The first-order valence-electron chi connectivity index (χ1n) is 13.9. The van der Waals surface area contributed by atoms with Gasteiger partial charge in [-0.05, 0) is 56.6 Å². The van der Waals surface area contributed by atoms with Crippen molar-refractivity contribution in [1.82, 2.24) is 4.90 Å². The molecule has 2 heterocycles. The number of carbonyl (C=O) groups excluding carboxylic acids is 1. The van der Waals surface area contributed by atoms with Crippen molar-refractivity contribution < 1.29 is 28.8 Å².